The Labute approximate surface area is 116 Å². The Morgan fingerprint density at radius 1 is 1.26 bits per heavy atom. The molecule has 0 unspecified atom stereocenters. The van der Waals surface area contributed by atoms with Gasteiger partial charge in [-0.05, 0) is 35.8 Å². The van der Waals surface area contributed by atoms with Crippen LogP contribution in [0.3, 0.4) is 0 Å². The third-order valence-electron chi connectivity index (χ3n) is 2.91. The minimum absolute atomic E-state index is 0.949. The zero-order valence-corrected chi connectivity index (χ0v) is 11.3. The van der Waals surface area contributed by atoms with Crippen molar-refractivity contribution in [3.8, 4) is 0 Å². The van der Waals surface area contributed by atoms with E-state index in [9.17, 15) is 0 Å². The molecule has 19 heavy (non-hydrogen) atoms. The average molecular weight is 267 g/mol. The lowest BCUT2D eigenvalue weighted by molar-refractivity contribution is 0.584. The van der Waals surface area contributed by atoms with Gasteiger partial charge in [0.2, 0.25) is 0 Å². The summed E-state index contributed by atoms with van der Waals surface area (Å²) in [7, 11) is 2.03. The standard InChI is InChI=1S/C15H13N3S/c1-18-9-3-2-5-13(18)8-7-12-11-16-17-15(12)14-6-4-10-19-14/h2-11H,1H3/b12-7-,13-8-. The Morgan fingerprint density at radius 3 is 3.00 bits per heavy atom. The largest absolute Gasteiger partial charge is 0.351 e. The molecule has 3 rings (SSSR count). The second-order valence-corrected chi connectivity index (χ2v) is 5.14. The molecule has 0 saturated carbocycles. The van der Waals surface area contributed by atoms with Crippen molar-refractivity contribution in [1.82, 2.24) is 4.90 Å². The van der Waals surface area contributed by atoms with E-state index in [4.69, 9.17) is 0 Å². The summed E-state index contributed by atoms with van der Waals surface area (Å²) in [5, 5.41) is 10.3. The van der Waals surface area contributed by atoms with Crippen LogP contribution in [0.25, 0.3) is 0 Å². The first-order chi connectivity index (χ1) is 9.34. The van der Waals surface area contributed by atoms with E-state index in [1.165, 1.54) is 0 Å². The molecule has 1 aromatic rings. The van der Waals surface area contributed by atoms with Crippen LogP contribution in [0.15, 0.2) is 75.6 Å². The van der Waals surface area contributed by atoms with Gasteiger partial charge in [0.1, 0.15) is 5.71 Å². The minimum atomic E-state index is 0.949. The predicted octanol–water partition coefficient (Wildman–Crippen LogP) is 3.36. The summed E-state index contributed by atoms with van der Waals surface area (Å²) >= 11 is 1.68. The van der Waals surface area contributed by atoms with Crippen molar-refractivity contribution in [3.63, 3.8) is 0 Å². The highest BCUT2D eigenvalue weighted by molar-refractivity contribution is 7.12. The quantitative estimate of drug-likeness (QED) is 0.807. The second kappa shape index (κ2) is 5.20. The van der Waals surface area contributed by atoms with Crippen LogP contribution in [0.5, 0.6) is 0 Å². The first kappa shape index (κ1) is 11.9. The van der Waals surface area contributed by atoms with Crippen molar-refractivity contribution in [1.29, 1.82) is 0 Å². The van der Waals surface area contributed by atoms with E-state index < -0.39 is 0 Å². The van der Waals surface area contributed by atoms with Crippen molar-refractivity contribution in [2.24, 2.45) is 10.2 Å². The Bertz CT molecular complexity index is 643. The lowest BCUT2D eigenvalue weighted by Gasteiger charge is -2.17. The molecule has 0 atom stereocenters. The van der Waals surface area contributed by atoms with E-state index in [0.717, 1.165) is 21.9 Å². The van der Waals surface area contributed by atoms with Gasteiger partial charge < -0.3 is 4.90 Å². The molecule has 2 aliphatic rings. The van der Waals surface area contributed by atoms with Gasteiger partial charge in [0.15, 0.2) is 0 Å². The first-order valence-corrected chi connectivity index (χ1v) is 6.87. The van der Waals surface area contributed by atoms with E-state index in [2.05, 4.69) is 44.8 Å². The normalized spacial score (nSPS) is 21.7. The van der Waals surface area contributed by atoms with Crippen LogP contribution in [0.1, 0.15) is 4.88 Å². The Hall–Kier alpha value is -2.20. The van der Waals surface area contributed by atoms with Crippen LogP contribution in [0.4, 0.5) is 0 Å². The van der Waals surface area contributed by atoms with Crippen molar-refractivity contribution in [2.75, 3.05) is 7.05 Å². The fraction of sp³-hybridized carbons (Fsp3) is 0.0667. The maximum absolute atomic E-state index is 4.20. The van der Waals surface area contributed by atoms with Crippen LogP contribution in [-0.4, -0.2) is 23.9 Å². The molecule has 3 heterocycles. The van der Waals surface area contributed by atoms with E-state index >= 15 is 0 Å². The zero-order valence-electron chi connectivity index (χ0n) is 10.5. The van der Waals surface area contributed by atoms with Crippen LogP contribution >= 0.6 is 11.3 Å². The highest BCUT2D eigenvalue weighted by atomic mass is 32.1. The van der Waals surface area contributed by atoms with Gasteiger partial charge in [-0.15, -0.1) is 16.4 Å². The van der Waals surface area contributed by atoms with Gasteiger partial charge in [-0.2, -0.15) is 5.10 Å². The van der Waals surface area contributed by atoms with Gasteiger partial charge in [0.25, 0.3) is 0 Å². The zero-order chi connectivity index (χ0) is 13.1. The van der Waals surface area contributed by atoms with Gasteiger partial charge in [-0.3, -0.25) is 0 Å². The predicted molar refractivity (Wildman–Crippen MR) is 81.6 cm³/mol. The van der Waals surface area contributed by atoms with E-state index in [1.54, 1.807) is 17.6 Å². The summed E-state index contributed by atoms with van der Waals surface area (Å²) in [4.78, 5) is 3.22. The van der Waals surface area contributed by atoms with Gasteiger partial charge >= 0.3 is 0 Å². The highest BCUT2D eigenvalue weighted by Gasteiger charge is 2.13. The summed E-state index contributed by atoms with van der Waals surface area (Å²) in [5.74, 6) is 0. The third-order valence-corrected chi connectivity index (χ3v) is 3.79. The molecule has 1 aromatic heterocycles. The van der Waals surface area contributed by atoms with Crippen LogP contribution < -0.4 is 0 Å². The average Bonchev–Trinajstić information content (AvgIpc) is 3.08. The summed E-state index contributed by atoms with van der Waals surface area (Å²) in [6, 6.07) is 4.09. The molecule has 0 radical (unpaired) electrons. The molecule has 0 amide bonds. The lowest BCUT2D eigenvalue weighted by Crippen LogP contribution is -2.10. The summed E-state index contributed by atoms with van der Waals surface area (Å²) in [6.07, 6.45) is 14.1. The van der Waals surface area contributed by atoms with Crippen LogP contribution in [0, 0.1) is 0 Å². The smallest absolute Gasteiger partial charge is 0.112 e. The molecule has 94 valence electrons. The number of thiophene rings is 1. The molecule has 2 aliphatic heterocycles. The van der Waals surface area contributed by atoms with Gasteiger partial charge in [-0.1, -0.05) is 12.1 Å². The number of likely N-dealkylation sites (N-methyl/N-ethyl adjacent to an activating group) is 1. The Balaban J connectivity index is 1.86. The summed E-state index contributed by atoms with van der Waals surface area (Å²) in [6.45, 7) is 0. The van der Waals surface area contributed by atoms with Crippen molar-refractivity contribution >= 4 is 23.3 Å². The topological polar surface area (TPSA) is 28.0 Å². The molecule has 0 saturated heterocycles. The van der Waals surface area contributed by atoms with Crippen LogP contribution in [-0.2, 0) is 0 Å². The number of allylic oxidation sites excluding steroid dienone is 6. The molecule has 0 spiro atoms. The monoisotopic (exact) mass is 267 g/mol. The van der Waals surface area contributed by atoms with Crippen molar-refractivity contribution in [2.45, 2.75) is 0 Å². The van der Waals surface area contributed by atoms with Gasteiger partial charge in [-0.25, -0.2) is 0 Å². The number of hydrogen-bond acceptors (Lipinski definition) is 4. The van der Waals surface area contributed by atoms with Gasteiger partial charge in [0.05, 0.1) is 11.1 Å². The van der Waals surface area contributed by atoms with Gasteiger partial charge in [0, 0.05) is 24.5 Å². The van der Waals surface area contributed by atoms with E-state index in [1.807, 2.05) is 31.5 Å². The van der Waals surface area contributed by atoms with E-state index in [0.29, 0.717) is 0 Å². The van der Waals surface area contributed by atoms with Crippen LogP contribution in [0.2, 0.25) is 0 Å². The van der Waals surface area contributed by atoms with E-state index in [-0.39, 0.29) is 0 Å². The fourth-order valence-electron chi connectivity index (χ4n) is 1.88. The number of hydrogen-bond donors (Lipinski definition) is 0. The summed E-state index contributed by atoms with van der Waals surface area (Å²) in [5.41, 5.74) is 3.14. The second-order valence-electron chi connectivity index (χ2n) is 4.20. The molecular weight excluding hydrogens is 254 g/mol. The molecule has 0 N–H and O–H groups in total. The maximum atomic E-state index is 4.20. The molecular formula is C15H13N3S. The molecule has 0 aliphatic carbocycles. The Kier molecular flexibility index (Phi) is 3.25. The fourth-order valence-corrected chi connectivity index (χ4v) is 2.61. The minimum Gasteiger partial charge on any atom is -0.351 e. The Morgan fingerprint density at radius 2 is 2.21 bits per heavy atom. The summed E-state index contributed by atoms with van der Waals surface area (Å²) < 4.78 is 0. The third kappa shape index (κ3) is 2.48. The number of rotatable bonds is 2. The molecule has 0 bridgehead atoms. The SMILES string of the molecule is CN1C=CC=C/C1=C/C=C1/C=NN=C1c1cccs1. The molecule has 3 nitrogen and oxygen atoms in total. The lowest BCUT2D eigenvalue weighted by atomic mass is 10.1. The maximum Gasteiger partial charge on any atom is 0.112 e. The molecule has 0 fully saturated rings. The van der Waals surface area contributed by atoms with Crippen molar-refractivity contribution in [3.05, 3.63) is 70.2 Å². The first-order valence-electron chi connectivity index (χ1n) is 5.99. The molecule has 4 heteroatoms. The highest BCUT2D eigenvalue weighted by Crippen LogP contribution is 2.19. The van der Waals surface area contributed by atoms with Crippen molar-refractivity contribution < 1.29 is 0 Å². The molecule has 0 aromatic carbocycles. The number of nitrogens with zero attached hydrogens (tertiary/aromatic N) is 3.